The molecule has 1 saturated carbocycles. The lowest BCUT2D eigenvalue weighted by molar-refractivity contribution is 0.229. The number of hydrogen-bond acceptors (Lipinski definition) is 2. The third-order valence-corrected chi connectivity index (χ3v) is 5.76. The van der Waals surface area contributed by atoms with Gasteiger partial charge in [-0.25, -0.2) is 0 Å². The summed E-state index contributed by atoms with van der Waals surface area (Å²) in [6.07, 6.45) is 9.11. The fourth-order valence-corrected chi connectivity index (χ4v) is 4.24. The van der Waals surface area contributed by atoms with Crippen LogP contribution >= 0.6 is 11.3 Å². The van der Waals surface area contributed by atoms with Crippen molar-refractivity contribution in [3.8, 4) is 0 Å². The highest BCUT2D eigenvalue weighted by Crippen LogP contribution is 2.33. The quantitative estimate of drug-likeness (QED) is 0.839. The summed E-state index contributed by atoms with van der Waals surface area (Å²) in [5.74, 6) is 1.69. The maximum atomic E-state index is 6.45. The van der Waals surface area contributed by atoms with E-state index in [2.05, 4.69) is 26.0 Å². The van der Waals surface area contributed by atoms with Gasteiger partial charge in [0.2, 0.25) is 0 Å². The molecule has 1 aromatic rings. The van der Waals surface area contributed by atoms with Crippen LogP contribution in [0.25, 0.3) is 0 Å². The Kier molecular flexibility index (Phi) is 5.25. The Morgan fingerprint density at radius 1 is 1.28 bits per heavy atom. The molecule has 0 radical (unpaired) electrons. The van der Waals surface area contributed by atoms with Crippen LogP contribution in [0.5, 0.6) is 0 Å². The molecular weight excluding hydrogens is 238 g/mol. The van der Waals surface area contributed by atoms with Gasteiger partial charge in [0.25, 0.3) is 0 Å². The SMILES string of the molecule is CCc1ccc(CC(N)C2CCCC(CC)C2)s1. The van der Waals surface area contributed by atoms with Crippen LogP contribution in [0.4, 0.5) is 0 Å². The second-order valence-electron chi connectivity index (χ2n) is 5.79. The Morgan fingerprint density at radius 2 is 2.06 bits per heavy atom. The van der Waals surface area contributed by atoms with E-state index in [-0.39, 0.29) is 0 Å². The highest BCUT2D eigenvalue weighted by Gasteiger charge is 2.25. The molecular formula is C16H27NS. The molecule has 2 N–H and O–H groups in total. The fourth-order valence-electron chi connectivity index (χ4n) is 3.21. The first kappa shape index (κ1) is 14.1. The number of aryl methyl sites for hydroxylation is 1. The highest BCUT2D eigenvalue weighted by atomic mass is 32.1. The molecule has 2 rings (SSSR count). The maximum Gasteiger partial charge on any atom is 0.0116 e. The van der Waals surface area contributed by atoms with E-state index in [1.165, 1.54) is 41.9 Å². The molecule has 1 aromatic heterocycles. The molecule has 1 aliphatic rings. The molecule has 18 heavy (non-hydrogen) atoms. The minimum Gasteiger partial charge on any atom is -0.327 e. The van der Waals surface area contributed by atoms with Crippen LogP contribution < -0.4 is 5.73 Å². The molecule has 0 bridgehead atoms. The molecule has 1 aliphatic carbocycles. The predicted molar refractivity (Wildman–Crippen MR) is 81.1 cm³/mol. The van der Waals surface area contributed by atoms with E-state index in [0.717, 1.165) is 24.7 Å². The van der Waals surface area contributed by atoms with Crippen molar-refractivity contribution in [3.63, 3.8) is 0 Å². The lowest BCUT2D eigenvalue weighted by Gasteiger charge is -2.32. The van der Waals surface area contributed by atoms with E-state index in [4.69, 9.17) is 5.73 Å². The van der Waals surface area contributed by atoms with Gasteiger partial charge >= 0.3 is 0 Å². The van der Waals surface area contributed by atoms with Crippen LogP contribution in [0.3, 0.4) is 0 Å². The average molecular weight is 265 g/mol. The van der Waals surface area contributed by atoms with Crippen molar-refractivity contribution in [3.05, 3.63) is 21.9 Å². The Bertz CT molecular complexity index is 358. The van der Waals surface area contributed by atoms with Crippen molar-refractivity contribution in [2.24, 2.45) is 17.6 Å². The van der Waals surface area contributed by atoms with E-state index in [0.29, 0.717) is 6.04 Å². The predicted octanol–water partition coefficient (Wildman–Crippen LogP) is 4.40. The molecule has 1 fully saturated rings. The smallest absolute Gasteiger partial charge is 0.0116 e. The second kappa shape index (κ2) is 6.72. The summed E-state index contributed by atoms with van der Waals surface area (Å²) >= 11 is 1.95. The first-order valence-corrected chi connectivity index (χ1v) is 8.37. The minimum absolute atomic E-state index is 0.378. The van der Waals surface area contributed by atoms with Crippen LogP contribution in [-0.4, -0.2) is 6.04 Å². The van der Waals surface area contributed by atoms with Gasteiger partial charge in [-0.05, 0) is 49.7 Å². The van der Waals surface area contributed by atoms with E-state index in [1.807, 2.05) is 11.3 Å². The molecule has 0 aliphatic heterocycles. The zero-order chi connectivity index (χ0) is 13.0. The monoisotopic (exact) mass is 265 g/mol. The molecule has 3 unspecified atom stereocenters. The molecule has 0 saturated heterocycles. The summed E-state index contributed by atoms with van der Waals surface area (Å²) in [5.41, 5.74) is 6.45. The van der Waals surface area contributed by atoms with Crippen molar-refractivity contribution in [2.45, 2.75) is 64.8 Å². The maximum absolute atomic E-state index is 6.45. The van der Waals surface area contributed by atoms with Gasteiger partial charge in [-0.15, -0.1) is 11.3 Å². The summed E-state index contributed by atoms with van der Waals surface area (Å²) in [4.78, 5) is 2.98. The van der Waals surface area contributed by atoms with Gasteiger partial charge in [0, 0.05) is 15.8 Å². The first-order valence-electron chi connectivity index (χ1n) is 7.56. The number of nitrogens with two attached hydrogens (primary N) is 1. The Hall–Kier alpha value is -0.340. The lowest BCUT2D eigenvalue weighted by Crippen LogP contribution is -2.35. The van der Waals surface area contributed by atoms with Gasteiger partial charge in [-0.1, -0.05) is 33.1 Å². The molecule has 0 aromatic carbocycles. The van der Waals surface area contributed by atoms with Crippen LogP contribution in [0.2, 0.25) is 0 Å². The second-order valence-corrected chi connectivity index (χ2v) is 7.04. The molecule has 2 heteroatoms. The number of hydrogen-bond donors (Lipinski definition) is 1. The number of thiophene rings is 1. The van der Waals surface area contributed by atoms with Crippen LogP contribution in [-0.2, 0) is 12.8 Å². The third-order valence-electron chi connectivity index (χ3n) is 4.51. The lowest BCUT2D eigenvalue weighted by atomic mass is 9.76. The van der Waals surface area contributed by atoms with E-state index < -0.39 is 0 Å². The van der Waals surface area contributed by atoms with Gasteiger partial charge in [0.15, 0.2) is 0 Å². The topological polar surface area (TPSA) is 26.0 Å². The number of rotatable bonds is 5. The zero-order valence-corrected chi connectivity index (χ0v) is 12.6. The molecule has 1 heterocycles. The van der Waals surface area contributed by atoms with Gasteiger partial charge in [0.1, 0.15) is 0 Å². The fraction of sp³-hybridized carbons (Fsp3) is 0.750. The third kappa shape index (κ3) is 3.58. The van der Waals surface area contributed by atoms with Gasteiger partial charge in [-0.2, -0.15) is 0 Å². The zero-order valence-electron chi connectivity index (χ0n) is 11.8. The van der Waals surface area contributed by atoms with Gasteiger partial charge < -0.3 is 5.73 Å². The van der Waals surface area contributed by atoms with Crippen LogP contribution in [0, 0.1) is 11.8 Å². The van der Waals surface area contributed by atoms with Crippen LogP contribution in [0.15, 0.2) is 12.1 Å². The molecule has 0 spiro atoms. The molecule has 1 nitrogen and oxygen atoms in total. The molecule has 3 atom stereocenters. The van der Waals surface area contributed by atoms with Crippen molar-refractivity contribution in [1.82, 2.24) is 0 Å². The van der Waals surface area contributed by atoms with Gasteiger partial charge in [0.05, 0.1) is 0 Å². The summed E-state index contributed by atoms with van der Waals surface area (Å²) < 4.78 is 0. The van der Waals surface area contributed by atoms with Crippen LogP contribution in [0.1, 0.15) is 55.7 Å². The van der Waals surface area contributed by atoms with Gasteiger partial charge in [-0.3, -0.25) is 0 Å². The Balaban J connectivity index is 1.88. The molecule has 0 amide bonds. The molecule has 102 valence electrons. The standard InChI is InChI=1S/C16H27NS/c1-3-12-6-5-7-13(10-12)16(17)11-15-9-8-14(4-2)18-15/h8-9,12-13,16H,3-7,10-11,17H2,1-2H3. The average Bonchev–Trinajstić information content (AvgIpc) is 2.86. The van der Waals surface area contributed by atoms with E-state index in [9.17, 15) is 0 Å². The minimum atomic E-state index is 0.378. The van der Waals surface area contributed by atoms with E-state index in [1.54, 1.807) is 0 Å². The summed E-state index contributed by atoms with van der Waals surface area (Å²) in [6.45, 7) is 4.55. The van der Waals surface area contributed by atoms with Crippen molar-refractivity contribution < 1.29 is 0 Å². The largest absolute Gasteiger partial charge is 0.327 e. The Morgan fingerprint density at radius 3 is 2.72 bits per heavy atom. The first-order chi connectivity index (χ1) is 8.72. The van der Waals surface area contributed by atoms with Crippen molar-refractivity contribution >= 4 is 11.3 Å². The van der Waals surface area contributed by atoms with E-state index >= 15 is 0 Å². The summed E-state index contributed by atoms with van der Waals surface area (Å²) in [6, 6.07) is 4.93. The van der Waals surface area contributed by atoms with Crippen molar-refractivity contribution in [1.29, 1.82) is 0 Å². The van der Waals surface area contributed by atoms with Crippen molar-refractivity contribution in [2.75, 3.05) is 0 Å². The Labute approximate surface area is 116 Å². The highest BCUT2D eigenvalue weighted by molar-refractivity contribution is 7.11. The summed E-state index contributed by atoms with van der Waals surface area (Å²) in [7, 11) is 0. The summed E-state index contributed by atoms with van der Waals surface area (Å²) in [5, 5.41) is 0. The normalized spacial score (nSPS) is 26.2.